The molecule has 0 aliphatic heterocycles. The predicted octanol–water partition coefficient (Wildman–Crippen LogP) is 1.24. The Hall–Kier alpha value is -0.570. The quantitative estimate of drug-likeness (QED) is 0.724. The Kier molecular flexibility index (Phi) is 3.93. The predicted molar refractivity (Wildman–Crippen MR) is 58.1 cm³/mol. The van der Waals surface area contributed by atoms with Crippen LogP contribution in [0.15, 0.2) is 0 Å². The number of hydrogen-bond donors (Lipinski definition) is 1. The number of rotatable bonds is 2. The van der Waals surface area contributed by atoms with Gasteiger partial charge in [0, 0.05) is 19.0 Å². The summed E-state index contributed by atoms with van der Waals surface area (Å²) in [6.45, 7) is 3.83. The minimum Gasteiger partial charge on any atom is -0.353 e. The van der Waals surface area contributed by atoms with E-state index in [1.54, 1.807) is 6.92 Å². The van der Waals surface area contributed by atoms with Gasteiger partial charge in [0.2, 0.25) is 5.91 Å². The van der Waals surface area contributed by atoms with Crippen molar-refractivity contribution in [3.05, 3.63) is 0 Å². The van der Waals surface area contributed by atoms with Crippen molar-refractivity contribution in [2.45, 2.75) is 45.2 Å². The summed E-state index contributed by atoms with van der Waals surface area (Å²) in [5, 5.41) is 3.05. The van der Waals surface area contributed by atoms with Crippen LogP contribution < -0.4 is 5.32 Å². The third-order valence-electron chi connectivity index (χ3n) is 3.29. The molecule has 0 heterocycles. The molecule has 0 aromatic rings. The molecule has 0 saturated heterocycles. The fourth-order valence-electron chi connectivity index (χ4n) is 2.23. The van der Waals surface area contributed by atoms with Crippen LogP contribution in [0.5, 0.6) is 0 Å². The average molecular weight is 198 g/mol. The second-order valence-electron chi connectivity index (χ2n) is 4.71. The van der Waals surface area contributed by atoms with Gasteiger partial charge in [-0.3, -0.25) is 4.79 Å². The summed E-state index contributed by atoms with van der Waals surface area (Å²) in [6.07, 6.45) is 3.56. The zero-order valence-corrected chi connectivity index (χ0v) is 9.71. The van der Waals surface area contributed by atoms with Crippen LogP contribution in [0.2, 0.25) is 0 Å². The zero-order valence-electron chi connectivity index (χ0n) is 9.71. The van der Waals surface area contributed by atoms with Crippen LogP contribution in [0.25, 0.3) is 0 Å². The molecule has 3 heteroatoms. The normalized spacial score (nSPS) is 33.1. The molecule has 14 heavy (non-hydrogen) atoms. The summed E-state index contributed by atoms with van der Waals surface area (Å²) in [4.78, 5) is 13.3. The van der Waals surface area contributed by atoms with Gasteiger partial charge in [-0.25, -0.2) is 0 Å². The Morgan fingerprint density at radius 1 is 1.36 bits per heavy atom. The van der Waals surface area contributed by atoms with E-state index < -0.39 is 0 Å². The molecular formula is C11H22N2O. The Morgan fingerprint density at radius 3 is 2.50 bits per heavy atom. The van der Waals surface area contributed by atoms with Crippen molar-refractivity contribution in [1.82, 2.24) is 10.2 Å². The summed E-state index contributed by atoms with van der Waals surface area (Å²) >= 11 is 0. The van der Waals surface area contributed by atoms with E-state index in [0.717, 1.165) is 6.42 Å². The molecule has 1 fully saturated rings. The lowest BCUT2D eigenvalue weighted by Gasteiger charge is -2.37. The molecular weight excluding hydrogens is 176 g/mol. The van der Waals surface area contributed by atoms with E-state index in [9.17, 15) is 4.79 Å². The molecule has 1 amide bonds. The first-order valence-electron chi connectivity index (χ1n) is 5.44. The highest BCUT2D eigenvalue weighted by Crippen LogP contribution is 2.26. The third kappa shape index (κ3) is 2.98. The van der Waals surface area contributed by atoms with Gasteiger partial charge >= 0.3 is 0 Å². The van der Waals surface area contributed by atoms with Crippen LogP contribution in [-0.4, -0.2) is 37.0 Å². The van der Waals surface area contributed by atoms with Crippen LogP contribution in [-0.2, 0) is 4.79 Å². The summed E-state index contributed by atoms with van der Waals surface area (Å²) in [5.41, 5.74) is 0. The molecule has 3 nitrogen and oxygen atoms in total. The molecule has 1 rings (SSSR count). The van der Waals surface area contributed by atoms with Crippen molar-refractivity contribution in [2.24, 2.45) is 5.92 Å². The first-order valence-corrected chi connectivity index (χ1v) is 5.44. The Morgan fingerprint density at radius 2 is 2.00 bits per heavy atom. The van der Waals surface area contributed by atoms with Gasteiger partial charge in [-0.05, 0) is 39.3 Å². The molecule has 1 aliphatic rings. The van der Waals surface area contributed by atoms with Gasteiger partial charge in [0.1, 0.15) is 0 Å². The van der Waals surface area contributed by atoms with Crippen LogP contribution in [0.3, 0.4) is 0 Å². The van der Waals surface area contributed by atoms with Gasteiger partial charge in [-0.1, -0.05) is 6.92 Å². The van der Waals surface area contributed by atoms with Crippen molar-refractivity contribution in [1.29, 1.82) is 0 Å². The maximum atomic E-state index is 11.0. The topological polar surface area (TPSA) is 32.3 Å². The fraction of sp³-hybridized carbons (Fsp3) is 0.909. The monoisotopic (exact) mass is 198 g/mol. The SMILES string of the molecule is CC(=O)NC1CC(N(C)C)CCC1C. The number of hydrogen-bond acceptors (Lipinski definition) is 2. The van der Waals surface area contributed by atoms with Crippen molar-refractivity contribution in [3.8, 4) is 0 Å². The second kappa shape index (κ2) is 4.78. The fourth-order valence-corrected chi connectivity index (χ4v) is 2.23. The number of amides is 1. The largest absolute Gasteiger partial charge is 0.353 e. The van der Waals surface area contributed by atoms with E-state index >= 15 is 0 Å². The maximum absolute atomic E-state index is 11.0. The van der Waals surface area contributed by atoms with Crippen molar-refractivity contribution >= 4 is 5.91 Å². The zero-order chi connectivity index (χ0) is 10.7. The molecule has 0 spiro atoms. The molecule has 0 radical (unpaired) electrons. The summed E-state index contributed by atoms with van der Waals surface area (Å²) < 4.78 is 0. The van der Waals surface area contributed by atoms with E-state index in [1.165, 1.54) is 12.8 Å². The van der Waals surface area contributed by atoms with Gasteiger partial charge in [-0.2, -0.15) is 0 Å². The van der Waals surface area contributed by atoms with Gasteiger partial charge in [0.05, 0.1) is 0 Å². The first-order chi connectivity index (χ1) is 6.50. The molecule has 1 saturated carbocycles. The molecule has 3 atom stereocenters. The number of nitrogens with one attached hydrogen (secondary N) is 1. The lowest BCUT2D eigenvalue weighted by atomic mass is 9.82. The minimum atomic E-state index is 0.0984. The number of carbonyl (C=O) groups is 1. The Labute approximate surface area is 86.9 Å². The van der Waals surface area contributed by atoms with Gasteiger partial charge < -0.3 is 10.2 Å². The highest BCUT2D eigenvalue weighted by atomic mass is 16.1. The second-order valence-corrected chi connectivity index (χ2v) is 4.71. The van der Waals surface area contributed by atoms with E-state index in [4.69, 9.17) is 0 Å². The highest BCUT2D eigenvalue weighted by Gasteiger charge is 2.28. The van der Waals surface area contributed by atoms with Crippen LogP contribution in [0.4, 0.5) is 0 Å². The van der Waals surface area contributed by atoms with Crippen LogP contribution >= 0.6 is 0 Å². The van der Waals surface area contributed by atoms with Crippen LogP contribution in [0.1, 0.15) is 33.1 Å². The minimum absolute atomic E-state index is 0.0984. The van der Waals surface area contributed by atoms with E-state index in [0.29, 0.717) is 18.0 Å². The van der Waals surface area contributed by atoms with Crippen LogP contribution in [0, 0.1) is 5.92 Å². The summed E-state index contributed by atoms with van der Waals surface area (Å²) in [6, 6.07) is 0.997. The molecule has 0 aromatic heterocycles. The molecule has 3 unspecified atom stereocenters. The Balaban J connectivity index is 2.50. The van der Waals surface area contributed by atoms with E-state index in [-0.39, 0.29) is 5.91 Å². The summed E-state index contributed by atoms with van der Waals surface area (Å²) in [5.74, 6) is 0.719. The molecule has 1 aliphatic carbocycles. The van der Waals surface area contributed by atoms with E-state index in [1.807, 2.05) is 0 Å². The van der Waals surface area contributed by atoms with Crippen molar-refractivity contribution in [2.75, 3.05) is 14.1 Å². The first kappa shape index (κ1) is 11.5. The van der Waals surface area contributed by atoms with E-state index in [2.05, 4.69) is 31.2 Å². The standard InChI is InChI=1S/C11H22N2O/c1-8-5-6-10(13(3)4)7-11(8)12-9(2)14/h8,10-11H,5-7H2,1-4H3,(H,12,14). The lowest BCUT2D eigenvalue weighted by molar-refractivity contribution is -0.120. The molecule has 1 N–H and O–H groups in total. The maximum Gasteiger partial charge on any atom is 0.217 e. The molecule has 82 valence electrons. The van der Waals surface area contributed by atoms with Gasteiger partial charge in [0.15, 0.2) is 0 Å². The van der Waals surface area contributed by atoms with Gasteiger partial charge in [0.25, 0.3) is 0 Å². The number of carbonyl (C=O) groups excluding carboxylic acids is 1. The number of nitrogens with zero attached hydrogens (tertiary/aromatic N) is 1. The molecule has 0 aromatic carbocycles. The van der Waals surface area contributed by atoms with Crippen molar-refractivity contribution in [3.63, 3.8) is 0 Å². The molecule has 0 bridgehead atoms. The third-order valence-corrected chi connectivity index (χ3v) is 3.29. The Bertz CT molecular complexity index is 203. The smallest absolute Gasteiger partial charge is 0.217 e. The lowest BCUT2D eigenvalue weighted by Crippen LogP contribution is -2.47. The average Bonchev–Trinajstić information content (AvgIpc) is 2.07. The van der Waals surface area contributed by atoms with Crippen molar-refractivity contribution < 1.29 is 4.79 Å². The highest BCUT2D eigenvalue weighted by molar-refractivity contribution is 5.73. The summed E-state index contributed by atoms with van der Waals surface area (Å²) in [7, 11) is 4.23. The van der Waals surface area contributed by atoms with Gasteiger partial charge in [-0.15, -0.1) is 0 Å².